The number of halogens is 1. The largest absolute Gasteiger partial charge is 0.478 e. The predicted octanol–water partition coefficient (Wildman–Crippen LogP) is 1.25. The Bertz CT molecular complexity index is 539. The number of aryl methyl sites for hydroxylation is 1. The molecule has 0 aliphatic rings. The standard InChI is InChI=1S/C9H10ClNO4S/c1-2-5-3-6(9(12)13)8(10)7(4-5)16(11,14)15/h3-4H,2H2,1H3,(H,12,13)(H2,11,14,15). The number of rotatable bonds is 3. The molecule has 0 aromatic heterocycles. The summed E-state index contributed by atoms with van der Waals surface area (Å²) in [6.45, 7) is 1.77. The Kier molecular flexibility index (Phi) is 3.57. The van der Waals surface area contributed by atoms with Gasteiger partial charge >= 0.3 is 5.97 Å². The zero-order chi connectivity index (χ0) is 12.5. The van der Waals surface area contributed by atoms with Crippen LogP contribution in [0, 0.1) is 0 Å². The van der Waals surface area contributed by atoms with E-state index in [-0.39, 0.29) is 15.5 Å². The third kappa shape index (κ3) is 2.52. The van der Waals surface area contributed by atoms with E-state index in [9.17, 15) is 13.2 Å². The number of primary sulfonamides is 1. The molecule has 0 amide bonds. The van der Waals surface area contributed by atoms with Crippen molar-refractivity contribution in [3.8, 4) is 0 Å². The fraction of sp³-hybridized carbons (Fsp3) is 0.222. The minimum absolute atomic E-state index is 0.259. The van der Waals surface area contributed by atoms with Crippen LogP contribution in [0.3, 0.4) is 0 Å². The van der Waals surface area contributed by atoms with E-state index in [1.807, 2.05) is 0 Å². The molecule has 16 heavy (non-hydrogen) atoms. The van der Waals surface area contributed by atoms with E-state index in [2.05, 4.69) is 0 Å². The maximum Gasteiger partial charge on any atom is 0.337 e. The molecule has 3 N–H and O–H groups in total. The first-order valence-corrected chi connectivity index (χ1v) is 6.28. The summed E-state index contributed by atoms with van der Waals surface area (Å²) in [7, 11) is -4.02. The van der Waals surface area contributed by atoms with E-state index in [1.54, 1.807) is 6.92 Å². The van der Waals surface area contributed by atoms with Gasteiger partial charge < -0.3 is 5.11 Å². The summed E-state index contributed by atoms with van der Waals surface area (Å²) in [6, 6.07) is 2.61. The Balaban J connectivity index is 3.63. The molecule has 0 fully saturated rings. The summed E-state index contributed by atoms with van der Waals surface area (Å²) in [5.41, 5.74) is 0.288. The summed E-state index contributed by atoms with van der Waals surface area (Å²) in [5, 5.41) is 13.4. The number of carboxylic acid groups (broad SMARTS) is 1. The predicted molar refractivity (Wildman–Crippen MR) is 59.2 cm³/mol. The molecule has 0 aliphatic heterocycles. The first kappa shape index (κ1) is 13.0. The van der Waals surface area contributed by atoms with Gasteiger partial charge in [0.1, 0.15) is 4.90 Å². The number of carboxylic acids is 1. The number of benzene rings is 1. The molecule has 1 aromatic carbocycles. The third-order valence-electron chi connectivity index (χ3n) is 2.04. The number of sulfonamides is 1. The van der Waals surface area contributed by atoms with Gasteiger partial charge in [-0.2, -0.15) is 0 Å². The van der Waals surface area contributed by atoms with Crippen molar-refractivity contribution in [1.29, 1.82) is 0 Å². The van der Waals surface area contributed by atoms with Crippen LogP contribution in [0.2, 0.25) is 5.02 Å². The number of hydrogen-bond acceptors (Lipinski definition) is 3. The Morgan fingerprint density at radius 3 is 2.44 bits per heavy atom. The highest BCUT2D eigenvalue weighted by molar-refractivity contribution is 7.89. The van der Waals surface area contributed by atoms with Gasteiger partial charge in [0.25, 0.3) is 0 Å². The molecular formula is C9H10ClNO4S. The minimum Gasteiger partial charge on any atom is -0.478 e. The fourth-order valence-corrected chi connectivity index (χ4v) is 2.41. The van der Waals surface area contributed by atoms with Gasteiger partial charge in [0.15, 0.2) is 0 Å². The van der Waals surface area contributed by atoms with Crippen LogP contribution < -0.4 is 5.14 Å². The average Bonchev–Trinajstić information content (AvgIpc) is 2.15. The molecule has 0 saturated heterocycles. The molecule has 0 saturated carbocycles. The average molecular weight is 264 g/mol. The molecule has 0 bridgehead atoms. The molecule has 7 heteroatoms. The van der Waals surface area contributed by atoms with Crippen LogP contribution in [-0.2, 0) is 16.4 Å². The van der Waals surface area contributed by atoms with Crippen LogP contribution in [-0.4, -0.2) is 19.5 Å². The van der Waals surface area contributed by atoms with Crippen molar-refractivity contribution in [1.82, 2.24) is 0 Å². The van der Waals surface area contributed by atoms with Crippen LogP contribution in [0.1, 0.15) is 22.8 Å². The zero-order valence-electron chi connectivity index (χ0n) is 8.40. The highest BCUT2D eigenvalue weighted by atomic mass is 35.5. The van der Waals surface area contributed by atoms with Crippen LogP contribution in [0.25, 0.3) is 0 Å². The van der Waals surface area contributed by atoms with Gasteiger partial charge in [-0.15, -0.1) is 0 Å². The molecule has 0 atom stereocenters. The number of aromatic carboxylic acids is 1. The van der Waals surface area contributed by atoms with Crippen LogP contribution >= 0.6 is 11.6 Å². The lowest BCUT2D eigenvalue weighted by atomic mass is 10.1. The second kappa shape index (κ2) is 4.40. The molecule has 0 radical (unpaired) electrons. The van der Waals surface area contributed by atoms with Crippen molar-refractivity contribution in [3.63, 3.8) is 0 Å². The van der Waals surface area contributed by atoms with Crippen molar-refractivity contribution < 1.29 is 18.3 Å². The normalized spacial score (nSPS) is 11.4. The third-order valence-corrected chi connectivity index (χ3v) is 3.50. The number of nitrogens with two attached hydrogens (primary N) is 1. The first-order chi connectivity index (χ1) is 7.27. The molecular weight excluding hydrogens is 254 g/mol. The Morgan fingerprint density at radius 2 is 2.06 bits per heavy atom. The summed E-state index contributed by atoms with van der Waals surface area (Å²) in [6.07, 6.45) is 0.486. The van der Waals surface area contributed by atoms with E-state index < -0.39 is 16.0 Å². The topological polar surface area (TPSA) is 97.5 Å². The molecule has 1 aromatic rings. The van der Waals surface area contributed by atoms with Crippen LogP contribution in [0.15, 0.2) is 17.0 Å². The van der Waals surface area contributed by atoms with E-state index in [4.69, 9.17) is 21.8 Å². The van der Waals surface area contributed by atoms with Crippen molar-refractivity contribution >= 4 is 27.6 Å². The molecule has 0 unspecified atom stereocenters. The van der Waals surface area contributed by atoms with Gasteiger partial charge in [-0.3, -0.25) is 0 Å². The van der Waals surface area contributed by atoms with Gasteiger partial charge in [-0.1, -0.05) is 18.5 Å². The lowest BCUT2D eigenvalue weighted by Gasteiger charge is -2.07. The van der Waals surface area contributed by atoms with Gasteiger partial charge in [0, 0.05) is 0 Å². The van der Waals surface area contributed by atoms with E-state index in [1.165, 1.54) is 12.1 Å². The molecule has 0 heterocycles. The molecule has 0 aliphatic carbocycles. The van der Waals surface area contributed by atoms with Crippen molar-refractivity contribution in [3.05, 3.63) is 28.3 Å². The molecule has 0 spiro atoms. The number of carbonyl (C=O) groups is 1. The Hall–Kier alpha value is -1.11. The van der Waals surface area contributed by atoms with Crippen molar-refractivity contribution in [2.24, 2.45) is 5.14 Å². The second-order valence-corrected chi connectivity index (χ2v) is 5.07. The number of hydrogen-bond donors (Lipinski definition) is 2. The van der Waals surface area contributed by atoms with Crippen LogP contribution in [0.4, 0.5) is 0 Å². The fourth-order valence-electron chi connectivity index (χ4n) is 1.22. The quantitative estimate of drug-likeness (QED) is 0.857. The van der Waals surface area contributed by atoms with E-state index in [0.29, 0.717) is 12.0 Å². The summed E-state index contributed by atoms with van der Waals surface area (Å²) in [4.78, 5) is 10.5. The maximum absolute atomic E-state index is 11.2. The lowest BCUT2D eigenvalue weighted by molar-refractivity contribution is 0.0696. The minimum atomic E-state index is -4.02. The van der Waals surface area contributed by atoms with Crippen molar-refractivity contribution in [2.45, 2.75) is 18.2 Å². The molecule has 88 valence electrons. The summed E-state index contributed by atoms with van der Waals surface area (Å²) in [5.74, 6) is -1.29. The lowest BCUT2D eigenvalue weighted by Crippen LogP contribution is -2.15. The summed E-state index contributed by atoms with van der Waals surface area (Å²) >= 11 is 5.68. The highest BCUT2D eigenvalue weighted by Gasteiger charge is 2.20. The second-order valence-electron chi connectivity index (χ2n) is 3.16. The zero-order valence-corrected chi connectivity index (χ0v) is 9.97. The Morgan fingerprint density at radius 1 is 1.50 bits per heavy atom. The van der Waals surface area contributed by atoms with Gasteiger partial charge in [-0.25, -0.2) is 18.4 Å². The monoisotopic (exact) mass is 263 g/mol. The first-order valence-electron chi connectivity index (χ1n) is 4.36. The highest BCUT2D eigenvalue weighted by Crippen LogP contribution is 2.26. The molecule has 5 nitrogen and oxygen atoms in total. The van der Waals surface area contributed by atoms with E-state index >= 15 is 0 Å². The maximum atomic E-state index is 11.2. The SMILES string of the molecule is CCc1cc(C(=O)O)c(Cl)c(S(N)(=O)=O)c1. The summed E-state index contributed by atoms with van der Waals surface area (Å²) < 4.78 is 22.4. The van der Waals surface area contributed by atoms with Gasteiger partial charge in [0.2, 0.25) is 10.0 Å². The van der Waals surface area contributed by atoms with Crippen LogP contribution in [0.5, 0.6) is 0 Å². The van der Waals surface area contributed by atoms with Gasteiger partial charge in [0.05, 0.1) is 10.6 Å². The van der Waals surface area contributed by atoms with Gasteiger partial charge in [-0.05, 0) is 24.1 Å². The Labute approximate surface area is 97.9 Å². The smallest absolute Gasteiger partial charge is 0.337 e. The van der Waals surface area contributed by atoms with E-state index in [0.717, 1.165) is 0 Å². The molecule has 1 rings (SSSR count). The van der Waals surface area contributed by atoms with Crippen molar-refractivity contribution in [2.75, 3.05) is 0 Å².